The third-order valence-corrected chi connectivity index (χ3v) is 6.66. The molecule has 150 valence electrons. The van der Waals surface area contributed by atoms with Crippen molar-refractivity contribution >= 4 is 21.7 Å². The number of pyridine rings is 1. The van der Waals surface area contributed by atoms with Crippen molar-refractivity contribution in [3.8, 4) is 0 Å². The Morgan fingerprint density at radius 2 is 1.82 bits per heavy atom. The van der Waals surface area contributed by atoms with Gasteiger partial charge < -0.3 is 10.2 Å². The molecule has 0 saturated carbocycles. The molecule has 1 aromatic carbocycles. The number of rotatable bonds is 6. The number of hydrogen-bond donors (Lipinski definition) is 1. The summed E-state index contributed by atoms with van der Waals surface area (Å²) in [4.78, 5) is 17.7. The van der Waals surface area contributed by atoms with Crippen LogP contribution in [0.2, 0.25) is 0 Å². The second-order valence-corrected chi connectivity index (χ2v) is 9.16. The van der Waals surface area contributed by atoms with Crippen LogP contribution in [0.3, 0.4) is 0 Å². The number of nitrogens with zero attached hydrogens (tertiary/aromatic N) is 3. The monoisotopic (exact) mass is 402 g/mol. The average molecular weight is 403 g/mol. The highest BCUT2D eigenvalue weighted by Gasteiger charge is 2.28. The summed E-state index contributed by atoms with van der Waals surface area (Å²) in [6.07, 6.45) is 2.99. The van der Waals surface area contributed by atoms with Gasteiger partial charge in [-0.3, -0.25) is 4.79 Å². The zero-order valence-corrected chi connectivity index (χ0v) is 17.0. The van der Waals surface area contributed by atoms with Crippen LogP contribution in [0.25, 0.3) is 0 Å². The second-order valence-electron chi connectivity index (χ2n) is 7.19. The number of carbonyl (C=O) groups is 1. The van der Waals surface area contributed by atoms with Gasteiger partial charge in [0.25, 0.3) is 5.91 Å². The van der Waals surface area contributed by atoms with Crippen molar-refractivity contribution in [2.45, 2.75) is 24.6 Å². The normalized spacial score (nSPS) is 15.9. The van der Waals surface area contributed by atoms with Crippen molar-refractivity contribution in [3.05, 3.63) is 59.8 Å². The van der Waals surface area contributed by atoms with Crippen molar-refractivity contribution in [1.82, 2.24) is 14.2 Å². The van der Waals surface area contributed by atoms with Gasteiger partial charge in [-0.05, 0) is 30.5 Å². The van der Waals surface area contributed by atoms with Crippen molar-refractivity contribution < 1.29 is 13.2 Å². The molecule has 1 aliphatic rings. The highest BCUT2D eigenvalue weighted by Crippen LogP contribution is 2.20. The lowest BCUT2D eigenvalue weighted by atomic mass is 10.1. The molecule has 1 aliphatic heterocycles. The zero-order chi connectivity index (χ0) is 20.1. The Balaban J connectivity index is 1.53. The van der Waals surface area contributed by atoms with E-state index in [9.17, 15) is 13.2 Å². The molecular weight excluding hydrogens is 376 g/mol. The Bertz CT molecular complexity index is 891. The first-order valence-electron chi connectivity index (χ1n) is 9.31. The number of amides is 1. The number of nitrogens with one attached hydrogen (secondary N) is 1. The molecule has 0 aliphatic carbocycles. The summed E-state index contributed by atoms with van der Waals surface area (Å²) in [5.74, 6) is 0.645. The molecule has 0 atom stereocenters. The van der Waals surface area contributed by atoms with Gasteiger partial charge in [0.05, 0.1) is 11.3 Å². The first-order chi connectivity index (χ1) is 13.3. The fraction of sp³-hybridized carbons (Fsp3) is 0.400. The lowest BCUT2D eigenvalue weighted by Gasteiger charge is -2.32. The predicted molar refractivity (Wildman–Crippen MR) is 110 cm³/mol. The highest BCUT2D eigenvalue weighted by molar-refractivity contribution is 7.88. The number of piperidine rings is 1. The highest BCUT2D eigenvalue weighted by atomic mass is 32.2. The fourth-order valence-electron chi connectivity index (χ4n) is 3.23. The van der Waals surface area contributed by atoms with Gasteiger partial charge in [0, 0.05) is 39.4 Å². The van der Waals surface area contributed by atoms with Crippen LogP contribution in [0.15, 0.2) is 48.7 Å². The topological polar surface area (TPSA) is 82.6 Å². The van der Waals surface area contributed by atoms with Gasteiger partial charge in [0.2, 0.25) is 10.0 Å². The maximum absolute atomic E-state index is 12.6. The molecule has 2 aromatic rings. The summed E-state index contributed by atoms with van der Waals surface area (Å²) in [6, 6.07) is 12.9. The van der Waals surface area contributed by atoms with E-state index in [4.69, 9.17) is 0 Å². The minimum absolute atomic E-state index is 0.0366. The van der Waals surface area contributed by atoms with Crippen molar-refractivity contribution in [1.29, 1.82) is 0 Å². The van der Waals surface area contributed by atoms with E-state index in [2.05, 4.69) is 10.3 Å². The van der Waals surface area contributed by atoms with Crippen LogP contribution < -0.4 is 5.32 Å². The van der Waals surface area contributed by atoms with Crippen LogP contribution in [0.5, 0.6) is 0 Å². The van der Waals surface area contributed by atoms with Gasteiger partial charge in [-0.2, -0.15) is 0 Å². The van der Waals surface area contributed by atoms with Gasteiger partial charge in [-0.25, -0.2) is 17.7 Å². The molecule has 7 nitrogen and oxygen atoms in total. The minimum atomic E-state index is -3.31. The van der Waals surface area contributed by atoms with E-state index in [1.807, 2.05) is 30.3 Å². The van der Waals surface area contributed by atoms with Crippen LogP contribution in [0.1, 0.15) is 28.8 Å². The van der Waals surface area contributed by atoms with Gasteiger partial charge in [-0.15, -0.1) is 0 Å². The van der Waals surface area contributed by atoms with E-state index >= 15 is 0 Å². The standard InChI is InChI=1S/C20H26N4O3S/c1-23(2)20(25)17-8-9-19(21-14-17)22-18-10-12-24(13-11-18)28(26,27)15-16-6-4-3-5-7-16/h3-9,14,18H,10-13,15H2,1-2H3,(H,21,22). The summed E-state index contributed by atoms with van der Waals surface area (Å²) >= 11 is 0. The predicted octanol–water partition coefficient (Wildman–Crippen LogP) is 2.19. The molecule has 1 fully saturated rings. The number of sulfonamides is 1. The van der Waals surface area contributed by atoms with Crippen LogP contribution in [-0.2, 0) is 15.8 Å². The van der Waals surface area contributed by atoms with E-state index in [0.717, 1.165) is 5.56 Å². The van der Waals surface area contributed by atoms with Crippen LogP contribution in [-0.4, -0.2) is 61.7 Å². The number of benzene rings is 1. The molecule has 28 heavy (non-hydrogen) atoms. The first-order valence-corrected chi connectivity index (χ1v) is 10.9. The maximum atomic E-state index is 12.6. The summed E-state index contributed by atoms with van der Waals surface area (Å²) in [7, 11) is 0.0968. The summed E-state index contributed by atoms with van der Waals surface area (Å²) in [5, 5.41) is 3.34. The largest absolute Gasteiger partial charge is 0.367 e. The van der Waals surface area contributed by atoms with E-state index in [1.54, 1.807) is 36.7 Å². The maximum Gasteiger partial charge on any atom is 0.254 e. The third kappa shape index (κ3) is 5.08. The minimum Gasteiger partial charge on any atom is -0.367 e. The van der Waals surface area contributed by atoms with Gasteiger partial charge in [-0.1, -0.05) is 30.3 Å². The lowest BCUT2D eigenvalue weighted by Crippen LogP contribution is -2.42. The van der Waals surface area contributed by atoms with Crippen LogP contribution in [0, 0.1) is 0 Å². The third-order valence-electron chi connectivity index (χ3n) is 4.81. The molecule has 2 heterocycles. The summed E-state index contributed by atoms with van der Waals surface area (Å²) in [5.41, 5.74) is 1.34. The van der Waals surface area contributed by atoms with Gasteiger partial charge in [0.1, 0.15) is 5.82 Å². The van der Waals surface area contributed by atoms with Crippen molar-refractivity contribution in [3.63, 3.8) is 0 Å². The molecule has 0 spiro atoms. The Kier molecular flexibility index (Phi) is 6.31. The van der Waals surface area contributed by atoms with Crippen molar-refractivity contribution in [2.24, 2.45) is 0 Å². The van der Waals surface area contributed by atoms with Crippen molar-refractivity contribution in [2.75, 3.05) is 32.5 Å². The number of anilines is 1. The van der Waals surface area contributed by atoms with E-state index in [1.165, 1.54) is 4.90 Å². The zero-order valence-electron chi connectivity index (χ0n) is 16.2. The molecule has 1 amide bonds. The van der Waals surface area contributed by atoms with Gasteiger partial charge in [0.15, 0.2) is 0 Å². The Hall–Kier alpha value is -2.45. The van der Waals surface area contributed by atoms with Crippen LogP contribution >= 0.6 is 0 Å². The fourth-order valence-corrected chi connectivity index (χ4v) is 4.79. The Labute approximate surface area is 166 Å². The summed E-state index contributed by atoms with van der Waals surface area (Å²) < 4.78 is 26.8. The van der Waals surface area contributed by atoms with Crippen LogP contribution in [0.4, 0.5) is 5.82 Å². The first kappa shape index (κ1) is 20.3. The number of hydrogen-bond acceptors (Lipinski definition) is 5. The molecule has 3 rings (SSSR count). The number of aromatic nitrogens is 1. The molecule has 8 heteroatoms. The summed E-state index contributed by atoms with van der Waals surface area (Å²) in [6.45, 7) is 0.980. The van der Waals surface area contributed by atoms with E-state index in [0.29, 0.717) is 37.3 Å². The molecule has 0 bridgehead atoms. The van der Waals surface area contributed by atoms with Gasteiger partial charge >= 0.3 is 0 Å². The average Bonchev–Trinajstić information content (AvgIpc) is 2.69. The number of carbonyl (C=O) groups excluding carboxylic acids is 1. The SMILES string of the molecule is CN(C)C(=O)c1ccc(NC2CCN(S(=O)(=O)Cc3ccccc3)CC2)nc1. The quantitative estimate of drug-likeness (QED) is 0.801. The van der Waals surface area contributed by atoms with E-state index < -0.39 is 10.0 Å². The molecule has 1 saturated heterocycles. The molecular formula is C20H26N4O3S. The molecule has 1 aromatic heterocycles. The lowest BCUT2D eigenvalue weighted by molar-refractivity contribution is 0.0827. The Morgan fingerprint density at radius 3 is 2.39 bits per heavy atom. The van der Waals surface area contributed by atoms with E-state index in [-0.39, 0.29) is 17.7 Å². The second kappa shape index (κ2) is 8.70. The Morgan fingerprint density at radius 1 is 1.14 bits per heavy atom. The molecule has 0 unspecified atom stereocenters. The molecule has 0 radical (unpaired) electrons. The molecule has 1 N–H and O–H groups in total. The smallest absolute Gasteiger partial charge is 0.254 e.